The number of ether oxygens (including phenoxy) is 2. The molecular weight excluding hydrogens is 395 g/mol. The molecule has 30 heavy (non-hydrogen) atoms. The monoisotopic (exact) mass is 414 g/mol. The summed E-state index contributed by atoms with van der Waals surface area (Å²) in [6, 6.07) is 1.34. The molecule has 156 valence electrons. The van der Waals surface area contributed by atoms with Crippen molar-refractivity contribution in [3.8, 4) is 11.6 Å². The van der Waals surface area contributed by atoms with Crippen LogP contribution in [0.3, 0.4) is 0 Å². The van der Waals surface area contributed by atoms with E-state index in [1.54, 1.807) is 18.0 Å². The van der Waals surface area contributed by atoms with Crippen LogP contribution in [0.4, 0.5) is 10.2 Å². The fraction of sp³-hybridized carbons (Fsp3) is 0.368. The molecule has 3 aromatic heterocycles. The Bertz CT molecular complexity index is 1140. The minimum Gasteiger partial charge on any atom is -0.485 e. The van der Waals surface area contributed by atoms with E-state index >= 15 is 0 Å². The summed E-state index contributed by atoms with van der Waals surface area (Å²) in [6.45, 7) is 2.42. The molecule has 0 unspecified atom stereocenters. The van der Waals surface area contributed by atoms with Gasteiger partial charge in [0.25, 0.3) is 5.91 Å². The number of pyridine rings is 1. The van der Waals surface area contributed by atoms with Crippen molar-refractivity contribution in [3.05, 3.63) is 41.6 Å². The average Bonchev–Trinajstić information content (AvgIpc) is 3.06. The van der Waals surface area contributed by atoms with Crippen LogP contribution in [0.25, 0.3) is 5.65 Å². The maximum absolute atomic E-state index is 14.0. The third-order valence-electron chi connectivity index (χ3n) is 4.96. The Labute approximate surface area is 170 Å². The van der Waals surface area contributed by atoms with Gasteiger partial charge in [0.15, 0.2) is 17.2 Å². The summed E-state index contributed by atoms with van der Waals surface area (Å²) in [5.74, 6) is 0.208. The van der Waals surface area contributed by atoms with Gasteiger partial charge in [-0.25, -0.2) is 18.9 Å². The van der Waals surface area contributed by atoms with Crippen molar-refractivity contribution in [2.45, 2.75) is 25.7 Å². The molecule has 0 saturated carbocycles. The number of hydrogen-bond donors (Lipinski definition) is 2. The molecular formula is C19H19FN6O4. The lowest BCUT2D eigenvalue weighted by Gasteiger charge is -2.25. The minimum atomic E-state index is -0.796. The second-order valence-corrected chi connectivity index (χ2v) is 7.36. The normalized spacial score (nSPS) is 21.4. The fourth-order valence-electron chi connectivity index (χ4n) is 3.55. The van der Waals surface area contributed by atoms with Gasteiger partial charge in [0.2, 0.25) is 5.88 Å². The zero-order valence-electron chi connectivity index (χ0n) is 16.1. The molecule has 0 fully saturated rings. The molecule has 0 spiro atoms. The van der Waals surface area contributed by atoms with Crippen LogP contribution in [0.1, 0.15) is 22.8 Å². The Morgan fingerprint density at radius 2 is 2.23 bits per heavy atom. The van der Waals surface area contributed by atoms with E-state index in [9.17, 15) is 14.3 Å². The van der Waals surface area contributed by atoms with Crippen LogP contribution < -0.4 is 19.7 Å². The van der Waals surface area contributed by atoms with E-state index < -0.39 is 18.0 Å². The number of nitrogens with zero attached hydrogens (tertiary/aromatic N) is 5. The zero-order valence-corrected chi connectivity index (χ0v) is 16.1. The van der Waals surface area contributed by atoms with Gasteiger partial charge in [-0.15, -0.1) is 0 Å². The van der Waals surface area contributed by atoms with Crippen molar-refractivity contribution in [3.63, 3.8) is 0 Å². The van der Waals surface area contributed by atoms with Gasteiger partial charge in [0.05, 0.1) is 31.7 Å². The van der Waals surface area contributed by atoms with Crippen LogP contribution in [0, 0.1) is 5.82 Å². The van der Waals surface area contributed by atoms with Crippen molar-refractivity contribution in [2.75, 3.05) is 24.6 Å². The third kappa shape index (κ3) is 3.26. The molecule has 2 N–H and O–H groups in total. The average molecular weight is 414 g/mol. The number of hydrogen-bond acceptors (Lipinski definition) is 8. The number of carbonyl (C=O) groups excluding carboxylic acids is 1. The molecule has 0 aromatic carbocycles. The van der Waals surface area contributed by atoms with E-state index in [0.29, 0.717) is 28.3 Å². The van der Waals surface area contributed by atoms with Crippen LogP contribution in [0.15, 0.2) is 24.7 Å². The standard InChI is InChI=1S/C19H19FN6O4/c1-10-3-21-18(28)14-5-23-26-8-15-17(24-16(14)26)25(7-13(27)9-29-15)6-11-2-12(20)4-22-19(11)30-10/h2,4-5,8,10,13,27H,3,6-7,9H2,1H3,(H,21,28)/t10-,13+/m0/s1. The molecule has 11 heteroatoms. The molecule has 2 atom stereocenters. The summed E-state index contributed by atoms with van der Waals surface area (Å²) in [5, 5.41) is 17.3. The van der Waals surface area contributed by atoms with Gasteiger partial charge in [-0.1, -0.05) is 0 Å². The van der Waals surface area contributed by atoms with Gasteiger partial charge in [-0.05, 0) is 13.0 Å². The number of anilines is 1. The van der Waals surface area contributed by atoms with E-state index in [1.807, 2.05) is 0 Å². The maximum Gasteiger partial charge on any atom is 0.256 e. The second-order valence-electron chi connectivity index (χ2n) is 7.36. The summed E-state index contributed by atoms with van der Waals surface area (Å²) in [5.41, 5.74) is 1.14. The molecule has 5 heterocycles. The third-order valence-corrected chi connectivity index (χ3v) is 4.96. The molecule has 5 rings (SSSR count). The molecule has 10 nitrogen and oxygen atoms in total. The number of aliphatic hydroxyl groups is 1. The van der Waals surface area contributed by atoms with Crippen LogP contribution in [0.5, 0.6) is 11.6 Å². The Balaban J connectivity index is 1.70. The number of rotatable bonds is 0. The van der Waals surface area contributed by atoms with Crippen LogP contribution >= 0.6 is 0 Å². The zero-order chi connectivity index (χ0) is 20.8. The lowest BCUT2D eigenvalue weighted by atomic mass is 10.2. The Hall–Kier alpha value is -3.47. The first-order valence-electron chi connectivity index (χ1n) is 9.51. The Kier molecular flexibility index (Phi) is 4.39. The van der Waals surface area contributed by atoms with E-state index in [-0.39, 0.29) is 38.0 Å². The number of fused-ring (bicyclic) bond motifs is 1. The molecule has 0 radical (unpaired) electrons. The lowest BCUT2D eigenvalue weighted by molar-refractivity contribution is 0.0932. The first-order chi connectivity index (χ1) is 14.5. The number of aliphatic hydroxyl groups excluding tert-OH is 1. The number of amides is 1. The van der Waals surface area contributed by atoms with E-state index in [4.69, 9.17) is 9.47 Å². The van der Waals surface area contributed by atoms with Crippen molar-refractivity contribution in [1.82, 2.24) is 24.9 Å². The lowest BCUT2D eigenvalue weighted by Crippen LogP contribution is -2.34. The summed E-state index contributed by atoms with van der Waals surface area (Å²) >= 11 is 0. The number of nitrogens with one attached hydrogen (secondary N) is 1. The molecule has 3 aromatic rings. The predicted molar refractivity (Wildman–Crippen MR) is 102 cm³/mol. The number of carbonyl (C=O) groups is 1. The topological polar surface area (TPSA) is 114 Å². The summed E-state index contributed by atoms with van der Waals surface area (Å²) < 4.78 is 27.0. The molecule has 1 amide bonds. The smallest absolute Gasteiger partial charge is 0.256 e. The first-order valence-corrected chi connectivity index (χ1v) is 9.51. The van der Waals surface area contributed by atoms with Crippen LogP contribution in [-0.2, 0) is 6.54 Å². The highest BCUT2D eigenvalue weighted by Gasteiger charge is 2.28. The van der Waals surface area contributed by atoms with E-state index in [1.165, 1.54) is 16.8 Å². The first kappa shape index (κ1) is 18.6. The van der Waals surface area contributed by atoms with Gasteiger partial charge in [0, 0.05) is 12.1 Å². The quantitative estimate of drug-likeness (QED) is 0.548. The summed E-state index contributed by atoms with van der Waals surface area (Å²) in [4.78, 5) is 23.1. The highest BCUT2D eigenvalue weighted by molar-refractivity contribution is 5.99. The Morgan fingerprint density at radius 1 is 1.37 bits per heavy atom. The van der Waals surface area contributed by atoms with Gasteiger partial charge >= 0.3 is 0 Å². The fourth-order valence-corrected chi connectivity index (χ4v) is 3.55. The van der Waals surface area contributed by atoms with Crippen molar-refractivity contribution in [2.24, 2.45) is 0 Å². The molecule has 2 aliphatic heterocycles. The van der Waals surface area contributed by atoms with Gasteiger partial charge in [-0.3, -0.25) is 4.79 Å². The van der Waals surface area contributed by atoms with E-state index in [2.05, 4.69) is 20.4 Å². The molecule has 0 aliphatic carbocycles. The summed E-state index contributed by atoms with van der Waals surface area (Å²) in [7, 11) is 0. The van der Waals surface area contributed by atoms with Crippen molar-refractivity contribution < 1.29 is 23.8 Å². The highest BCUT2D eigenvalue weighted by Crippen LogP contribution is 2.32. The van der Waals surface area contributed by atoms with Gasteiger partial charge in [0.1, 0.15) is 30.2 Å². The predicted octanol–water partition coefficient (Wildman–Crippen LogP) is 0.534. The van der Waals surface area contributed by atoms with Crippen molar-refractivity contribution in [1.29, 1.82) is 0 Å². The highest BCUT2D eigenvalue weighted by atomic mass is 19.1. The van der Waals surface area contributed by atoms with Gasteiger partial charge < -0.3 is 24.8 Å². The number of halogens is 1. The largest absolute Gasteiger partial charge is 0.485 e. The minimum absolute atomic E-state index is 0.0626. The van der Waals surface area contributed by atoms with Crippen LogP contribution in [-0.4, -0.2) is 62.5 Å². The molecule has 2 bridgehead atoms. The van der Waals surface area contributed by atoms with Crippen molar-refractivity contribution >= 4 is 17.4 Å². The number of aromatic nitrogens is 4. The molecule has 2 aliphatic rings. The maximum atomic E-state index is 14.0. The molecule has 0 saturated heterocycles. The van der Waals surface area contributed by atoms with Gasteiger partial charge in [-0.2, -0.15) is 5.10 Å². The SMILES string of the molecule is C[C@H]1CNC(=O)c2cnn3cc4c(nc23)N(Cc2cc(F)cnc2O1)C[C@@H](O)CO4. The summed E-state index contributed by atoms with van der Waals surface area (Å²) in [6.07, 6.45) is 2.92. The second kappa shape index (κ2) is 7.10. The van der Waals surface area contributed by atoms with E-state index in [0.717, 1.165) is 6.20 Å². The van der Waals surface area contributed by atoms with Crippen LogP contribution in [0.2, 0.25) is 0 Å². The Morgan fingerprint density at radius 3 is 3.10 bits per heavy atom.